The van der Waals surface area contributed by atoms with E-state index in [1.165, 1.54) is 12.1 Å². The predicted molar refractivity (Wildman–Crippen MR) is 67.0 cm³/mol. The number of hydrogen-bond donors (Lipinski definition) is 1. The first-order valence-electron chi connectivity index (χ1n) is 4.89. The molecule has 0 aromatic heterocycles. The van der Waals surface area contributed by atoms with Crippen LogP contribution in [0.5, 0.6) is 0 Å². The zero-order valence-electron chi connectivity index (χ0n) is 8.54. The van der Waals surface area contributed by atoms with Crippen molar-refractivity contribution in [1.82, 2.24) is 0 Å². The van der Waals surface area contributed by atoms with Crippen LogP contribution in [-0.4, -0.2) is 11.0 Å². The van der Waals surface area contributed by atoms with Crippen molar-refractivity contribution >= 4 is 34.0 Å². The molecule has 16 heavy (non-hydrogen) atoms. The van der Waals surface area contributed by atoms with Gasteiger partial charge >= 0.3 is 0 Å². The van der Waals surface area contributed by atoms with Crippen molar-refractivity contribution in [2.45, 2.75) is 19.4 Å². The van der Waals surface area contributed by atoms with E-state index in [2.05, 4.69) is 5.32 Å². The second-order valence-corrected chi connectivity index (χ2v) is 5.17. The summed E-state index contributed by atoms with van der Waals surface area (Å²) < 4.78 is 13.6. The van der Waals surface area contributed by atoms with Crippen LogP contribution in [0, 0.1) is 25.4 Å². The van der Waals surface area contributed by atoms with Gasteiger partial charge in [0.05, 0.1) is 8.49 Å². The number of nitro groups is 1. The largest absolute Gasteiger partial charge is 0.376 e. The van der Waals surface area contributed by atoms with Crippen molar-refractivity contribution in [3.05, 3.63) is 31.6 Å². The highest BCUT2D eigenvalue weighted by Gasteiger charge is 2.34. The van der Waals surface area contributed by atoms with E-state index < -0.39 is 10.7 Å². The van der Waals surface area contributed by atoms with Gasteiger partial charge in [-0.15, -0.1) is 0 Å². The summed E-state index contributed by atoms with van der Waals surface area (Å²) in [4.78, 5) is 10.3. The summed E-state index contributed by atoms with van der Waals surface area (Å²) in [7, 11) is 0. The Morgan fingerprint density at radius 3 is 2.75 bits per heavy atom. The molecule has 1 fully saturated rings. The second-order valence-electron chi connectivity index (χ2n) is 4.00. The van der Waals surface area contributed by atoms with Crippen LogP contribution in [0.1, 0.15) is 13.3 Å². The minimum absolute atomic E-state index is 0.0649. The van der Waals surface area contributed by atoms with E-state index in [1.807, 2.05) is 6.92 Å². The monoisotopic (exact) mass is 336 g/mol. The molecule has 1 saturated carbocycles. The first kappa shape index (κ1) is 11.6. The Morgan fingerprint density at radius 2 is 2.25 bits per heavy atom. The Hall–Kier alpha value is -0.920. The Bertz CT molecular complexity index is 453. The highest BCUT2D eigenvalue weighted by atomic mass is 127. The van der Waals surface area contributed by atoms with E-state index in [0.29, 0.717) is 5.92 Å². The second kappa shape index (κ2) is 4.15. The number of halogens is 2. The number of rotatable bonds is 3. The molecule has 2 unspecified atom stereocenters. The highest BCUT2D eigenvalue weighted by Crippen LogP contribution is 2.36. The topological polar surface area (TPSA) is 55.2 Å². The molecule has 4 nitrogen and oxygen atoms in total. The lowest BCUT2D eigenvalue weighted by atomic mass is 10.2. The Morgan fingerprint density at radius 1 is 1.62 bits per heavy atom. The number of nitro benzene ring substituents is 1. The quantitative estimate of drug-likeness (QED) is 0.524. The lowest BCUT2D eigenvalue weighted by molar-refractivity contribution is -0.384. The van der Waals surface area contributed by atoms with Gasteiger partial charge in [-0.3, -0.25) is 10.1 Å². The minimum atomic E-state index is -0.489. The fourth-order valence-corrected chi connectivity index (χ4v) is 1.98. The highest BCUT2D eigenvalue weighted by molar-refractivity contribution is 14.1. The van der Waals surface area contributed by atoms with Crippen molar-refractivity contribution in [3.8, 4) is 0 Å². The zero-order valence-corrected chi connectivity index (χ0v) is 10.7. The molecule has 2 atom stereocenters. The summed E-state index contributed by atoms with van der Waals surface area (Å²) in [5.74, 6) is 0.0731. The van der Waals surface area contributed by atoms with Gasteiger partial charge < -0.3 is 5.32 Å². The molecular formula is C10H10FIN2O2. The molecule has 1 aliphatic rings. The molecule has 0 radical (unpaired) electrons. The van der Waals surface area contributed by atoms with Gasteiger partial charge in [0.1, 0.15) is 11.5 Å². The molecular weight excluding hydrogens is 326 g/mol. The van der Waals surface area contributed by atoms with Crippen molar-refractivity contribution < 1.29 is 9.31 Å². The third-order valence-electron chi connectivity index (χ3n) is 2.69. The first-order valence-corrected chi connectivity index (χ1v) is 5.97. The predicted octanol–water partition coefficient (Wildman–Crippen LogP) is 3.16. The fraction of sp³-hybridized carbons (Fsp3) is 0.400. The summed E-state index contributed by atoms with van der Waals surface area (Å²) in [5, 5.41) is 13.8. The average molecular weight is 336 g/mol. The summed E-state index contributed by atoms with van der Waals surface area (Å²) >= 11 is 1.75. The van der Waals surface area contributed by atoms with Crippen molar-refractivity contribution in [3.63, 3.8) is 0 Å². The van der Waals surface area contributed by atoms with Gasteiger partial charge in [-0.25, -0.2) is 4.39 Å². The van der Waals surface area contributed by atoms with Gasteiger partial charge in [-0.2, -0.15) is 0 Å². The van der Waals surface area contributed by atoms with Gasteiger partial charge in [0.15, 0.2) is 0 Å². The first-order chi connectivity index (χ1) is 7.49. The fourth-order valence-electron chi connectivity index (χ4n) is 1.53. The summed E-state index contributed by atoms with van der Waals surface area (Å²) in [6.07, 6.45) is 0.977. The van der Waals surface area contributed by atoms with E-state index in [1.54, 1.807) is 22.6 Å². The van der Waals surface area contributed by atoms with E-state index in [4.69, 9.17) is 0 Å². The molecule has 2 rings (SSSR count). The maximum Gasteiger partial charge on any atom is 0.293 e. The van der Waals surface area contributed by atoms with Crippen molar-refractivity contribution in [2.75, 3.05) is 5.32 Å². The van der Waals surface area contributed by atoms with Crippen LogP contribution in [0.25, 0.3) is 0 Å². The molecule has 0 aliphatic heterocycles. The summed E-state index contributed by atoms with van der Waals surface area (Å²) in [6, 6.07) is 2.69. The van der Waals surface area contributed by atoms with E-state index in [0.717, 1.165) is 6.42 Å². The number of nitrogens with one attached hydrogen (secondary N) is 1. The van der Waals surface area contributed by atoms with Gasteiger partial charge in [-0.05, 0) is 34.9 Å². The molecule has 0 amide bonds. The molecule has 6 heteroatoms. The van der Waals surface area contributed by atoms with Gasteiger partial charge in [0.25, 0.3) is 5.69 Å². The summed E-state index contributed by atoms with van der Waals surface area (Å²) in [5.41, 5.74) is 0.210. The molecule has 86 valence electrons. The SMILES string of the molecule is CC1CC1Nc1cc(F)c(I)cc1[N+](=O)[O-]. The lowest BCUT2D eigenvalue weighted by Gasteiger charge is -2.07. The molecule has 1 aliphatic carbocycles. The summed E-state index contributed by atoms with van der Waals surface area (Å²) in [6.45, 7) is 2.05. The Balaban J connectivity index is 2.33. The smallest absolute Gasteiger partial charge is 0.293 e. The molecule has 0 bridgehead atoms. The van der Waals surface area contributed by atoms with Crippen molar-refractivity contribution in [1.29, 1.82) is 0 Å². The molecule has 1 aromatic rings. The number of hydrogen-bond acceptors (Lipinski definition) is 3. The maximum atomic E-state index is 13.3. The van der Waals surface area contributed by atoms with Crippen LogP contribution in [0.2, 0.25) is 0 Å². The van der Waals surface area contributed by atoms with Gasteiger partial charge in [0.2, 0.25) is 0 Å². The maximum absolute atomic E-state index is 13.3. The standard InChI is InChI=1S/C10H10FIN2O2/c1-5-2-8(5)13-9-3-6(11)7(12)4-10(9)14(15)16/h3-5,8,13H,2H2,1H3. The van der Waals surface area contributed by atoms with E-state index >= 15 is 0 Å². The van der Waals surface area contributed by atoms with Crippen molar-refractivity contribution in [2.24, 2.45) is 5.92 Å². The van der Waals surface area contributed by atoms with Crippen LogP contribution in [-0.2, 0) is 0 Å². The lowest BCUT2D eigenvalue weighted by Crippen LogP contribution is -2.07. The molecule has 1 aromatic carbocycles. The van der Waals surface area contributed by atoms with Crippen LogP contribution < -0.4 is 5.32 Å². The van der Waals surface area contributed by atoms with E-state index in [9.17, 15) is 14.5 Å². The zero-order chi connectivity index (χ0) is 11.9. The normalized spacial score (nSPS) is 22.9. The molecule has 1 N–H and O–H groups in total. The molecule has 0 saturated heterocycles. The third-order valence-corrected chi connectivity index (χ3v) is 3.51. The van der Waals surface area contributed by atoms with E-state index in [-0.39, 0.29) is 21.0 Å². The third kappa shape index (κ3) is 2.26. The Kier molecular flexibility index (Phi) is 3.00. The van der Waals surface area contributed by atoms with Crippen LogP contribution >= 0.6 is 22.6 Å². The van der Waals surface area contributed by atoms with Crippen LogP contribution in [0.3, 0.4) is 0 Å². The number of anilines is 1. The number of benzene rings is 1. The average Bonchev–Trinajstić information content (AvgIpc) is 2.87. The van der Waals surface area contributed by atoms with Gasteiger partial charge in [0, 0.05) is 18.2 Å². The van der Waals surface area contributed by atoms with Gasteiger partial charge in [-0.1, -0.05) is 6.92 Å². The number of nitrogens with zero attached hydrogens (tertiary/aromatic N) is 1. The molecule has 0 spiro atoms. The molecule has 0 heterocycles. The van der Waals surface area contributed by atoms with Crippen LogP contribution in [0.15, 0.2) is 12.1 Å². The van der Waals surface area contributed by atoms with Crippen LogP contribution in [0.4, 0.5) is 15.8 Å². The Labute approximate surface area is 106 Å². The minimum Gasteiger partial charge on any atom is -0.376 e.